The van der Waals surface area contributed by atoms with Crippen LogP contribution in [0.25, 0.3) is 0 Å². The number of hydrogen-bond acceptors (Lipinski definition) is 2. The number of rotatable bonds is 5. The Kier molecular flexibility index (Phi) is 4.63. The van der Waals surface area contributed by atoms with Gasteiger partial charge in [-0.15, -0.1) is 0 Å². The molecule has 0 amide bonds. The molecular formula is C12H19NO. The van der Waals surface area contributed by atoms with Gasteiger partial charge in [-0.2, -0.15) is 0 Å². The Morgan fingerprint density at radius 3 is 2.50 bits per heavy atom. The molecule has 0 fully saturated rings. The number of aliphatic hydroxyl groups is 1. The molecule has 0 aliphatic rings. The average molecular weight is 193 g/mol. The van der Waals surface area contributed by atoms with Crippen molar-refractivity contribution in [2.24, 2.45) is 0 Å². The Labute approximate surface area is 86.2 Å². The van der Waals surface area contributed by atoms with E-state index < -0.39 is 0 Å². The molecule has 1 rings (SSSR count). The fourth-order valence-corrected chi connectivity index (χ4v) is 1.31. The van der Waals surface area contributed by atoms with Gasteiger partial charge in [0.25, 0.3) is 0 Å². The molecule has 1 aromatic carbocycles. The molecule has 2 heteroatoms. The molecule has 1 atom stereocenters. The van der Waals surface area contributed by atoms with Crippen molar-refractivity contribution >= 4 is 0 Å². The Morgan fingerprint density at radius 1 is 1.29 bits per heavy atom. The smallest absolute Gasteiger partial charge is 0.0584 e. The van der Waals surface area contributed by atoms with Crippen molar-refractivity contribution in [2.75, 3.05) is 20.2 Å². The number of hydrogen-bond donors (Lipinski definition) is 1. The molecule has 0 aliphatic carbocycles. The summed E-state index contributed by atoms with van der Waals surface area (Å²) in [5, 5.41) is 8.96. The molecular weight excluding hydrogens is 174 g/mol. The molecule has 1 N–H and O–H groups in total. The van der Waals surface area contributed by atoms with E-state index in [1.165, 1.54) is 5.56 Å². The van der Waals surface area contributed by atoms with Gasteiger partial charge >= 0.3 is 0 Å². The van der Waals surface area contributed by atoms with Gasteiger partial charge in [-0.1, -0.05) is 30.3 Å². The van der Waals surface area contributed by atoms with Crippen LogP contribution >= 0.6 is 0 Å². The summed E-state index contributed by atoms with van der Waals surface area (Å²) < 4.78 is 0. The summed E-state index contributed by atoms with van der Waals surface area (Å²) in [7, 11) is 2.05. The molecule has 0 aliphatic heterocycles. The summed E-state index contributed by atoms with van der Waals surface area (Å²) in [5.41, 5.74) is 1.35. The highest BCUT2D eigenvalue weighted by atomic mass is 16.3. The first kappa shape index (κ1) is 11.2. The first-order valence-corrected chi connectivity index (χ1v) is 5.09. The fraction of sp³-hybridized carbons (Fsp3) is 0.500. The highest BCUT2D eigenvalue weighted by molar-refractivity contribution is 5.14. The van der Waals surface area contributed by atoms with Crippen LogP contribution in [0.3, 0.4) is 0 Å². The molecule has 0 saturated heterocycles. The third-order valence-electron chi connectivity index (χ3n) is 2.61. The summed E-state index contributed by atoms with van der Waals surface area (Å²) in [6.07, 6.45) is 1.04. The monoisotopic (exact) mass is 193 g/mol. The zero-order valence-corrected chi connectivity index (χ0v) is 8.98. The molecule has 14 heavy (non-hydrogen) atoms. The van der Waals surface area contributed by atoms with Gasteiger partial charge < -0.3 is 10.0 Å². The van der Waals surface area contributed by atoms with Crippen LogP contribution in [0, 0.1) is 0 Å². The van der Waals surface area contributed by atoms with Crippen LogP contribution < -0.4 is 0 Å². The van der Waals surface area contributed by atoms with Gasteiger partial charge in [0.05, 0.1) is 6.61 Å². The van der Waals surface area contributed by atoms with E-state index in [4.69, 9.17) is 5.11 Å². The molecule has 0 aromatic heterocycles. The summed E-state index contributed by atoms with van der Waals surface area (Å²) >= 11 is 0. The van der Waals surface area contributed by atoms with E-state index in [9.17, 15) is 0 Å². The summed E-state index contributed by atoms with van der Waals surface area (Å²) in [4.78, 5) is 2.17. The Hall–Kier alpha value is -0.860. The zero-order chi connectivity index (χ0) is 10.4. The average Bonchev–Trinajstić information content (AvgIpc) is 2.26. The minimum absolute atomic E-state index is 0.227. The van der Waals surface area contributed by atoms with Crippen molar-refractivity contribution in [1.82, 2.24) is 4.90 Å². The van der Waals surface area contributed by atoms with Crippen LogP contribution in [0.4, 0.5) is 0 Å². The third kappa shape index (κ3) is 3.48. The number of aliphatic hydroxyl groups excluding tert-OH is 1. The standard InChI is InChI=1S/C12H19NO/c1-11(10-14)13(2)9-8-12-6-4-3-5-7-12/h3-7,11,14H,8-10H2,1-2H3. The SMILES string of the molecule is CC(CO)N(C)CCc1ccccc1. The predicted octanol–water partition coefficient (Wildman–Crippen LogP) is 1.54. The Bertz CT molecular complexity index is 248. The van der Waals surface area contributed by atoms with Crippen LogP contribution in [0.2, 0.25) is 0 Å². The second kappa shape index (κ2) is 5.78. The van der Waals surface area contributed by atoms with Crippen molar-refractivity contribution in [3.63, 3.8) is 0 Å². The lowest BCUT2D eigenvalue weighted by Gasteiger charge is -2.22. The van der Waals surface area contributed by atoms with Crippen molar-refractivity contribution < 1.29 is 5.11 Å². The minimum atomic E-state index is 0.227. The first-order chi connectivity index (χ1) is 6.74. The number of likely N-dealkylation sites (N-methyl/N-ethyl adjacent to an activating group) is 1. The lowest BCUT2D eigenvalue weighted by Crippen LogP contribution is -2.33. The first-order valence-electron chi connectivity index (χ1n) is 5.09. The van der Waals surface area contributed by atoms with E-state index in [0.29, 0.717) is 0 Å². The quantitative estimate of drug-likeness (QED) is 0.767. The third-order valence-corrected chi connectivity index (χ3v) is 2.61. The van der Waals surface area contributed by atoms with Crippen LogP contribution in [0.15, 0.2) is 30.3 Å². The molecule has 0 bridgehead atoms. The van der Waals surface area contributed by atoms with E-state index in [0.717, 1.165) is 13.0 Å². The summed E-state index contributed by atoms with van der Waals surface area (Å²) in [6, 6.07) is 10.7. The Balaban J connectivity index is 2.34. The maximum absolute atomic E-state index is 8.96. The van der Waals surface area contributed by atoms with Crippen molar-refractivity contribution in [3.8, 4) is 0 Å². The van der Waals surface area contributed by atoms with Gasteiger partial charge in [-0.05, 0) is 26.0 Å². The van der Waals surface area contributed by atoms with Gasteiger partial charge in [0.15, 0.2) is 0 Å². The summed E-state index contributed by atoms with van der Waals surface area (Å²) in [6.45, 7) is 3.25. The van der Waals surface area contributed by atoms with Crippen molar-refractivity contribution in [3.05, 3.63) is 35.9 Å². The van der Waals surface area contributed by atoms with Crippen LogP contribution in [-0.4, -0.2) is 36.2 Å². The van der Waals surface area contributed by atoms with Crippen molar-refractivity contribution in [1.29, 1.82) is 0 Å². The predicted molar refractivity (Wildman–Crippen MR) is 59.3 cm³/mol. The molecule has 0 heterocycles. The Morgan fingerprint density at radius 2 is 1.93 bits per heavy atom. The molecule has 0 radical (unpaired) electrons. The van der Waals surface area contributed by atoms with Gasteiger partial charge in [-0.3, -0.25) is 0 Å². The van der Waals surface area contributed by atoms with Gasteiger partial charge in [-0.25, -0.2) is 0 Å². The fourth-order valence-electron chi connectivity index (χ4n) is 1.31. The molecule has 1 aromatic rings. The molecule has 2 nitrogen and oxygen atoms in total. The molecule has 0 saturated carbocycles. The normalized spacial score (nSPS) is 13.1. The summed E-state index contributed by atoms with van der Waals surface area (Å²) in [5.74, 6) is 0. The largest absolute Gasteiger partial charge is 0.395 e. The van der Waals surface area contributed by atoms with Gasteiger partial charge in [0.2, 0.25) is 0 Å². The number of benzene rings is 1. The molecule has 1 unspecified atom stereocenters. The molecule has 78 valence electrons. The van der Waals surface area contributed by atoms with Gasteiger partial charge in [0.1, 0.15) is 0 Å². The van der Waals surface area contributed by atoms with E-state index in [1.54, 1.807) is 0 Å². The highest BCUT2D eigenvalue weighted by Crippen LogP contribution is 2.02. The van der Waals surface area contributed by atoms with Crippen molar-refractivity contribution in [2.45, 2.75) is 19.4 Å². The highest BCUT2D eigenvalue weighted by Gasteiger charge is 2.06. The van der Waals surface area contributed by atoms with Gasteiger partial charge in [0, 0.05) is 12.6 Å². The topological polar surface area (TPSA) is 23.5 Å². The van der Waals surface area contributed by atoms with Crippen LogP contribution in [0.1, 0.15) is 12.5 Å². The maximum atomic E-state index is 8.96. The second-order valence-electron chi connectivity index (χ2n) is 3.75. The zero-order valence-electron chi connectivity index (χ0n) is 8.98. The maximum Gasteiger partial charge on any atom is 0.0584 e. The van der Waals surface area contributed by atoms with E-state index >= 15 is 0 Å². The second-order valence-corrected chi connectivity index (χ2v) is 3.75. The van der Waals surface area contributed by atoms with Crippen LogP contribution in [0.5, 0.6) is 0 Å². The molecule has 0 spiro atoms. The van der Waals surface area contributed by atoms with E-state index in [-0.39, 0.29) is 12.6 Å². The number of nitrogens with zero attached hydrogens (tertiary/aromatic N) is 1. The lowest BCUT2D eigenvalue weighted by molar-refractivity contribution is 0.160. The van der Waals surface area contributed by atoms with E-state index in [2.05, 4.69) is 29.2 Å². The van der Waals surface area contributed by atoms with Crippen LogP contribution in [-0.2, 0) is 6.42 Å². The lowest BCUT2D eigenvalue weighted by atomic mass is 10.1. The van der Waals surface area contributed by atoms with E-state index in [1.807, 2.05) is 20.0 Å². The minimum Gasteiger partial charge on any atom is -0.395 e.